The van der Waals surface area contributed by atoms with Gasteiger partial charge in [0.25, 0.3) is 0 Å². The topological polar surface area (TPSA) is 49.4 Å². The average Bonchev–Trinajstić information content (AvgIpc) is 2.50. The van der Waals surface area contributed by atoms with Gasteiger partial charge in [0.1, 0.15) is 6.54 Å². The standard InChI is InChI=1S/C16H13BrN2O2S/c17-11-4-3-5-12(8-11)18-15(20)9-19-13-6-1-2-7-14(13)22-10-16(19)21/h1-8H,9-10H2,(H,18,20). The molecule has 0 aliphatic carbocycles. The Hall–Kier alpha value is -1.79. The summed E-state index contributed by atoms with van der Waals surface area (Å²) in [6.45, 7) is 0.0168. The van der Waals surface area contributed by atoms with E-state index in [2.05, 4.69) is 21.2 Å². The highest BCUT2D eigenvalue weighted by atomic mass is 79.9. The number of fused-ring (bicyclic) bond motifs is 1. The first kappa shape index (κ1) is 15.1. The van der Waals surface area contributed by atoms with Gasteiger partial charge in [0.05, 0.1) is 11.4 Å². The number of carbonyl (C=O) groups is 2. The largest absolute Gasteiger partial charge is 0.324 e. The molecule has 4 nitrogen and oxygen atoms in total. The minimum atomic E-state index is -0.215. The Morgan fingerprint density at radius 2 is 2.05 bits per heavy atom. The SMILES string of the molecule is O=C(CN1C(=O)CSc2ccccc21)Nc1cccc(Br)c1. The molecule has 1 aliphatic rings. The maximum absolute atomic E-state index is 12.2. The lowest BCUT2D eigenvalue weighted by molar-refractivity contribution is -0.120. The van der Waals surface area contributed by atoms with Gasteiger partial charge in [0, 0.05) is 15.1 Å². The summed E-state index contributed by atoms with van der Waals surface area (Å²) in [7, 11) is 0. The van der Waals surface area contributed by atoms with Gasteiger partial charge in [-0.05, 0) is 30.3 Å². The van der Waals surface area contributed by atoms with Gasteiger partial charge in [-0.3, -0.25) is 9.59 Å². The van der Waals surface area contributed by atoms with Gasteiger partial charge in [-0.2, -0.15) is 0 Å². The molecule has 0 fully saturated rings. The molecule has 0 radical (unpaired) electrons. The Balaban J connectivity index is 1.75. The summed E-state index contributed by atoms with van der Waals surface area (Å²) in [4.78, 5) is 26.9. The lowest BCUT2D eigenvalue weighted by atomic mass is 10.2. The molecule has 0 atom stereocenters. The summed E-state index contributed by atoms with van der Waals surface area (Å²) < 4.78 is 0.890. The van der Waals surface area contributed by atoms with Gasteiger partial charge < -0.3 is 10.2 Å². The van der Waals surface area contributed by atoms with Crippen molar-refractivity contribution in [1.82, 2.24) is 0 Å². The van der Waals surface area contributed by atoms with Gasteiger partial charge >= 0.3 is 0 Å². The maximum atomic E-state index is 12.2. The summed E-state index contributed by atoms with van der Waals surface area (Å²) in [5, 5.41) is 2.81. The molecule has 0 spiro atoms. The highest BCUT2D eigenvalue weighted by Gasteiger charge is 2.26. The summed E-state index contributed by atoms with van der Waals surface area (Å²) in [6.07, 6.45) is 0. The molecule has 0 saturated carbocycles. The van der Waals surface area contributed by atoms with Crippen molar-refractivity contribution >= 4 is 50.9 Å². The second-order valence-electron chi connectivity index (χ2n) is 4.79. The van der Waals surface area contributed by atoms with E-state index in [-0.39, 0.29) is 18.4 Å². The van der Waals surface area contributed by atoms with E-state index in [4.69, 9.17) is 0 Å². The monoisotopic (exact) mass is 376 g/mol. The molecule has 112 valence electrons. The number of hydrogen-bond acceptors (Lipinski definition) is 3. The quantitative estimate of drug-likeness (QED) is 0.891. The third-order valence-corrected chi connectivity index (χ3v) is 4.76. The number of carbonyl (C=O) groups excluding carboxylic acids is 2. The van der Waals surface area contributed by atoms with E-state index in [1.54, 1.807) is 4.90 Å². The zero-order chi connectivity index (χ0) is 15.5. The molecule has 3 rings (SSSR count). The van der Waals surface area contributed by atoms with E-state index >= 15 is 0 Å². The molecule has 1 aliphatic heterocycles. The van der Waals surface area contributed by atoms with Crippen LogP contribution in [0.4, 0.5) is 11.4 Å². The van der Waals surface area contributed by atoms with Crippen LogP contribution in [0.15, 0.2) is 57.9 Å². The zero-order valence-corrected chi connectivity index (χ0v) is 14.0. The van der Waals surface area contributed by atoms with Crippen molar-refractivity contribution < 1.29 is 9.59 Å². The van der Waals surface area contributed by atoms with Gasteiger partial charge in [0.2, 0.25) is 11.8 Å². The Kier molecular flexibility index (Phi) is 4.49. The van der Waals surface area contributed by atoms with Crippen LogP contribution in [0.2, 0.25) is 0 Å². The van der Waals surface area contributed by atoms with E-state index in [1.165, 1.54) is 11.8 Å². The Bertz CT molecular complexity index is 736. The second-order valence-corrected chi connectivity index (χ2v) is 6.73. The molecule has 0 aromatic heterocycles. The van der Waals surface area contributed by atoms with Crippen LogP contribution in [0.1, 0.15) is 0 Å². The number of nitrogens with zero attached hydrogens (tertiary/aromatic N) is 1. The van der Waals surface area contributed by atoms with E-state index in [0.29, 0.717) is 11.4 Å². The highest BCUT2D eigenvalue weighted by Crippen LogP contribution is 2.34. The third-order valence-electron chi connectivity index (χ3n) is 3.22. The number of hydrogen-bond donors (Lipinski definition) is 1. The summed E-state index contributed by atoms with van der Waals surface area (Å²) in [5.74, 6) is 0.0995. The van der Waals surface area contributed by atoms with E-state index in [0.717, 1.165) is 15.1 Å². The van der Waals surface area contributed by atoms with Crippen molar-refractivity contribution in [2.24, 2.45) is 0 Å². The number of para-hydroxylation sites is 1. The second kappa shape index (κ2) is 6.54. The average molecular weight is 377 g/mol. The van der Waals surface area contributed by atoms with Crippen LogP contribution in [-0.4, -0.2) is 24.1 Å². The van der Waals surface area contributed by atoms with Gasteiger partial charge in [-0.15, -0.1) is 11.8 Å². The van der Waals surface area contributed by atoms with E-state index in [1.807, 2.05) is 48.5 Å². The van der Waals surface area contributed by atoms with Gasteiger partial charge in [-0.25, -0.2) is 0 Å². The molecular formula is C16H13BrN2O2S. The number of anilines is 2. The minimum Gasteiger partial charge on any atom is -0.324 e. The number of thioether (sulfide) groups is 1. The molecule has 1 N–H and O–H groups in total. The fourth-order valence-corrected chi connectivity index (χ4v) is 3.57. The lowest BCUT2D eigenvalue weighted by Gasteiger charge is -2.28. The highest BCUT2D eigenvalue weighted by molar-refractivity contribution is 9.10. The van der Waals surface area contributed by atoms with E-state index < -0.39 is 0 Å². The first-order valence-corrected chi connectivity index (χ1v) is 8.49. The van der Waals surface area contributed by atoms with Crippen LogP contribution < -0.4 is 10.2 Å². The Labute approximate surface area is 141 Å². The number of rotatable bonds is 3. The molecule has 0 unspecified atom stereocenters. The molecule has 6 heteroatoms. The molecule has 2 aromatic carbocycles. The number of benzene rings is 2. The molecular weight excluding hydrogens is 364 g/mol. The molecule has 0 bridgehead atoms. The maximum Gasteiger partial charge on any atom is 0.244 e. The first-order valence-electron chi connectivity index (χ1n) is 6.71. The predicted octanol–water partition coefficient (Wildman–Crippen LogP) is 3.53. The number of amides is 2. The third kappa shape index (κ3) is 3.34. The van der Waals surface area contributed by atoms with Crippen LogP contribution in [-0.2, 0) is 9.59 Å². The zero-order valence-electron chi connectivity index (χ0n) is 11.6. The fraction of sp³-hybridized carbons (Fsp3) is 0.125. The number of nitrogens with one attached hydrogen (secondary N) is 1. The summed E-state index contributed by atoms with van der Waals surface area (Å²) in [5.41, 5.74) is 1.50. The predicted molar refractivity (Wildman–Crippen MR) is 92.3 cm³/mol. The molecule has 2 aromatic rings. The molecule has 22 heavy (non-hydrogen) atoms. The molecule has 2 amide bonds. The van der Waals surface area contributed by atoms with Gasteiger partial charge in [0.15, 0.2) is 0 Å². The van der Waals surface area contributed by atoms with Crippen molar-refractivity contribution in [3.63, 3.8) is 0 Å². The molecule has 1 heterocycles. The van der Waals surface area contributed by atoms with E-state index in [9.17, 15) is 9.59 Å². The van der Waals surface area contributed by atoms with Crippen molar-refractivity contribution in [1.29, 1.82) is 0 Å². The Morgan fingerprint density at radius 3 is 2.86 bits per heavy atom. The minimum absolute atomic E-state index is 0.0168. The summed E-state index contributed by atoms with van der Waals surface area (Å²) >= 11 is 4.87. The fourth-order valence-electron chi connectivity index (χ4n) is 2.24. The van der Waals surface area contributed by atoms with Crippen molar-refractivity contribution in [3.8, 4) is 0 Å². The van der Waals surface area contributed by atoms with Crippen LogP contribution >= 0.6 is 27.7 Å². The van der Waals surface area contributed by atoms with Crippen molar-refractivity contribution in [2.45, 2.75) is 4.90 Å². The van der Waals surface area contributed by atoms with Crippen LogP contribution in [0, 0.1) is 0 Å². The van der Waals surface area contributed by atoms with Crippen LogP contribution in [0.5, 0.6) is 0 Å². The Morgan fingerprint density at radius 1 is 1.23 bits per heavy atom. The van der Waals surface area contributed by atoms with Crippen LogP contribution in [0.25, 0.3) is 0 Å². The normalized spacial score (nSPS) is 13.7. The number of halogens is 1. The smallest absolute Gasteiger partial charge is 0.244 e. The first-order chi connectivity index (χ1) is 10.6. The lowest BCUT2D eigenvalue weighted by Crippen LogP contribution is -2.41. The summed E-state index contributed by atoms with van der Waals surface area (Å²) in [6, 6.07) is 15.0. The molecule has 0 saturated heterocycles. The van der Waals surface area contributed by atoms with Crippen molar-refractivity contribution in [2.75, 3.05) is 22.5 Å². The van der Waals surface area contributed by atoms with Crippen LogP contribution in [0.3, 0.4) is 0 Å². The van der Waals surface area contributed by atoms with Crippen molar-refractivity contribution in [3.05, 3.63) is 53.0 Å². The van der Waals surface area contributed by atoms with Gasteiger partial charge in [-0.1, -0.05) is 34.1 Å².